The van der Waals surface area contributed by atoms with Crippen LogP contribution in [0.4, 0.5) is 13.2 Å². The molecule has 1 aromatic carbocycles. The van der Waals surface area contributed by atoms with E-state index in [9.17, 15) is 13.2 Å². The summed E-state index contributed by atoms with van der Waals surface area (Å²) in [5.41, 5.74) is 1.93. The van der Waals surface area contributed by atoms with Gasteiger partial charge in [0, 0.05) is 6.07 Å². The fourth-order valence-electron chi connectivity index (χ4n) is 2.92. The fraction of sp³-hybridized carbons (Fsp3) is 0.263. The normalized spacial score (nSPS) is 12.6. The highest BCUT2D eigenvalue weighted by Crippen LogP contribution is 2.32. The summed E-state index contributed by atoms with van der Waals surface area (Å²) < 4.78 is 48.6. The number of H-pyrrole nitrogens is 1. The summed E-state index contributed by atoms with van der Waals surface area (Å²) >= 11 is 0. The molecule has 6 nitrogen and oxygen atoms in total. The second-order valence-electron chi connectivity index (χ2n) is 7.29. The van der Waals surface area contributed by atoms with Gasteiger partial charge < -0.3 is 14.1 Å². The molecule has 0 aliphatic rings. The molecule has 9 heteroatoms. The minimum atomic E-state index is -4.75. The van der Waals surface area contributed by atoms with Gasteiger partial charge >= 0.3 is 6.36 Å². The third kappa shape index (κ3) is 3.47. The first-order chi connectivity index (χ1) is 13.1. The molecule has 4 aromatic rings. The predicted octanol–water partition coefficient (Wildman–Crippen LogP) is 5.34. The van der Waals surface area contributed by atoms with Gasteiger partial charge in [-0.1, -0.05) is 0 Å². The quantitative estimate of drug-likeness (QED) is 0.513. The first kappa shape index (κ1) is 18.1. The Morgan fingerprint density at radius 3 is 2.54 bits per heavy atom. The van der Waals surface area contributed by atoms with Crippen molar-refractivity contribution in [2.45, 2.75) is 32.7 Å². The van der Waals surface area contributed by atoms with Crippen molar-refractivity contribution in [2.24, 2.45) is 0 Å². The third-order valence-corrected chi connectivity index (χ3v) is 4.05. The number of hydrogen-bond acceptors (Lipinski definition) is 4. The molecule has 0 fully saturated rings. The van der Waals surface area contributed by atoms with Crippen LogP contribution < -0.4 is 4.74 Å². The number of rotatable bonds is 3. The monoisotopic (exact) mass is 390 g/mol. The molecule has 3 aromatic heterocycles. The van der Waals surface area contributed by atoms with Crippen molar-refractivity contribution >= 4 is 11.0 Å². The van der Waals surface area contributed by atoms with Gasteiger partial charge in [-0.05, 0) is 51.1 Å². The molecule has 1 N–H and O–H groups in total. The van der Waals surface area contributed by atoms with Gasteiger partial charge in [0.05, 0.1) is 22.8 Å². The number of imidazole rings is 1. The number of halogens is 3. The minimum absolute atomic E-state index is 0.313. The van der Waals surface area contributed by atoms with Crippen LogP contribution in [-0.2, 0) is 5.54 Å². The standard InChI is InChI=1S/C19H17F3N4O2/c1-18(2,3)26-15(16-5-4-8-27-16)10-14(25-26)17-23-12-7-6-11(9-13(12)24-17)28-19(20,21)22/h4-10H,1-3H3,(H,23,24). The summed E-state index contributed by atoms with van der Waals surface area (Å²) in [7, 11) is 0. The molecular formula is C19H17F3N4O2. The van der Waals surface area contributed by atoms with Gasteiger partial charge in [-0.2, -0.15) is 5.10 Å². The van der Waals surface area contributed by atoms with Crippen molar-refractivity contribution in [3.8, 4) is 28.7 Å². The lowest BCUT2D eigenvalue weighted by Crippen LogP contribution is -2.24. The summed E-state index contributed by atoms with van der Waals surface area (Å²) in [6, 6.07) is 9.40. The molecule has 28 heavy (non-hydrogen) atoms. The Labute approximate surface area is 157 Å². The zero-order valence-electron chi connectivity index (χ0n) is 15.3. The van der Waals surface area contributed by atoms with Gasteiger partial charge in [0.1, 0.15) is 17.1 Å². The van der Waals surface area contributed by atoms with Crippen LogP contribution in [0, 0.1) is 0 Å². The number of nitrogens with one attached hydrogen (secondary N) is 1. The Hall–Kier alpha value is -3.23. The highest BCUT2D eigenvalue weighted by atomic mass is 19.4. The van der Waals surface area contributed by atoms with Gasteiger partial charge in [0.2, 0.25) is 0 Å². The Morgan fingerprint density at radius 2 is 1.89 bits per heavy atom. The van der Waals surface area contributed by atoms with Crippen LogP contribution in [0.2, 0.25) is 0 Å². The molecule has 0 saturated heterocycles. The highest BCUT2D eigenvalue weighted by molar-refractivity contribution is 5.80. The second kappa shape index (κ2) is 6.15. The maximum Gasteiger partial charge on any atom is 0.573 e. The van der Waals surface area contributed by atoms with E-state index >= 15 is 0 Å². The van der Waals surface area contributed by atoms with Crippen molar-refractivity contribution in [2.75, 3.05) is 0 Å². The van der Waals surface area contributed by atoms with Crippen LogP contribution in [0.1, 0.15) is 20.8 Å². The smallest absolute Gasteiger partial charge is 0.463 e. The first-order valence-corrected chi connectivity index (χ1v) is 8.50. The van der Waals surface area contributed by atoms with E-state index in [0.717, 1.165) is 5.69 Å². The van der Waals surface area contributed by atoms with Crippen molar-refractivity contribution in [3.05, 3.63) is 42.7 Å². The molecule has 4 rings (SSSR count). The molecule has 0 amide bonds. The number of aromatic amines is 1. The maximum atomic E-state index is 12.4. The molecule has 0 radical (unpaired) electrons. The number of benzene rings is 1. The Balaban J connectivity index is 1.78. The zero-order chi connectivity index (χ0) is 20.1. The fourth-order valence-corrected chi connectivity index (χ4v) is 2.92. The van der Waals surface area contributed by atoms with Crippen molar-refractivity contribution in [1.29, 1.82) is 0 Å². The number of ether oxygens (including phenoxy) is 1. The molecule has 0 aliphatic heterocycles. The highest BCUT2D eigenvalue weighted by Gasteiger charge is 2.31. The summed E-state index contributed by atoms with van der Waals surface area (Å²) in [5.74, 6) is 0.785. The Bertz CT molecular complexity index is 1120. The SMILES string of the molecule is CC(C)(C)n1nc(-c2nc3ccc(OC(F)(F)F)cc3[nH]2)cc1-c1ccco1. The van der Waals surface area contributed by atoms with E-state index in [2.05, 4.69) is 19.8 Å². The lowest BCUT2D eigenvalue weighted by Gasteiger charge is -2.21. The molecule has 0 atom stereocenters. The number of fused-ring (bicyclic) bond motifs is 1. The number of nitrogens with zero attached hydrogens (tertiary/aromatic N) is 3. The van der Waals surface area contributed by atoms with Crippen LogP contribution in [0.3, 0.4) is 0 Å². The summed E-state index contributed by atoms with van der Waals surface area (Å²) in [6.07, 6.45) is -3.17. The van der Waals surface area contributed by atoms with E-state index in [0.29, 0.717) is 28.3 Å². The van der Waals surface area contributed by atoms with E-state index in [1.807, 2.05) is 37.6 Å². The van der Waals surface area contributed by atoms with E-state index in [-0.39, 0.29) is 11.3 Å². The van der Waals surface area contributed by atoms with Gasteiger partial charge in [-0.3, -0.25) is 4.68 Å². The zero-order valence-corrected chi connectivity index (χ0v) is 15.3. The Kier molecular flexibility index (Phi) is 3.99. The molecule has 3 heterocycles. The maximum absolute atomic E-state index is 12.4. The first-order valence-electron chi connectivity index (χ1n) is 8.50. The average molecular weight is 390 g/mol. The average Bonchev–Trinajstić information content (AvgIpc) is 3.30. The molecule has 146 valence electrons. The lowest BCUT2D eigenvalue weighted by molar-refractivity contribution is -0.274. The Morgan fingerprint density at radius 1 is 1.11 bits per heavy atom. The van der Waals surface area contributed by atoms with Crippen LogP contribution in [0.15, 0.2) is 47.1 Å². The van der Waals surface area contributed by atoms with Gasteiger partial charge in [0.25, 0.3) is 0 Å². The van der Waals surface area contributed by atoms with E-state index in [1.54, 1.807) is 12.3 Å². The van der Waals surface area contributed by atoms with Crippen molar-refractivity contribution in [3.63, 3.8) is 0 Å². The summed E-state index contributed by atoms with van der Waals surface area (Å²) in [6.45, 7) is 6.03. The topological polar surface area (TPSA) is 68.9 Å². The molecule has 0 bridgehead atoms. The predicted molar refractivity (Wildman–Crippen MR) is 96.7 cm³/mol. The molecule has 0 unspecified atom stereocenters. The number of aromatic nitrogens is 4. The van der Waals surface area contributed by atoms with Crippen molar-refractivity contribution in [1.82, 2.24) is 19.7 Å². The lowest BCUT2D eigenvalue weighted by atomic mass is 10.1. The molecule has 0 saturated carbocycles. The number of hydrogen-bond donors (Lipinski definition) is 1. The largest absolute Gasteiger partial charge is 0.573 e. The van der Waals surface area contributed by atoms with E-state index in [1.165, 1.54) is 18.2 Å². The van der Waals surface area contributed by atoms with Gasteiger partial charge in [-0.25, -0.2) is 4.98 Å². The molecule has 0 aliphatic carbocycles. The van der Waals surface area contributed by atoms with Crippen LogP contribution in [0.5, 0.6) is 5.75 Å². The van der Waals surface area contributed by atoms with Crippen LogP contribution in [0.25, 0.3) is 34.0 Å². The summed E-state index contributed by atoms with van der Waals surface area (Å²) in [4.78, 5) is 7.45. The second-order valence-corrected chi connectivity index (χ2v) is 7.29. The van der Waals surface area contributed by atoms with E-state index < -0.39 is 6.36 Å². The van der Waals surface area contributed by atoms with E-state index in [4.69, 9.17) is 4.42 Å². The molecular weight excluding hydrogens is 373 g/mol. The minimum Gasteiger partial charge on any atom is -0.463 e. The van der Waals surface area contributed by atoms with Gasteiger partial charge in [-0.15, -0.1) is 13.2 Å². The van der Waals surface area contributed by atoms with Gasteiger partial charge in [0.15, 0.2) is 11.6 Å². The number of furan rings is 1. The third-order valence-electron chi connectivity index (χ3n) is 4.05. The van der Waals surface area contributed by atoms with Crippen molar-refractivity contribution < 1.29 is 22.3 Å². The summed E-state index contributed by atoms with van der Waals surface area (Å²) in [5, 5.41) is 4.64. The van der Waals surface area contributed by atoms with Crippen LogP contribution in [-0.4, -0.2) is 26.1 Å². The molecule has 0 spiro atoms. The number of alkyl halides is 3. The van der Waals surface area contributed by atoms with Crippen LogP contribution >= 0.6 is 0 Å².